The van der Waals surface area contributed by atoms with E-state index in [9.17, 15) is 4.79 Å². The number of piperidine rings is 2. The van der Waals surface area contributed by atoms with E-state index in [0.29, 0.717) is 5.92 Å². The van der Waals surface area contributed by atoms with Crippen LogP contribution in [0, 0.1) is 17.8 Å². The van der Waals surface area contributed by atoms with Crippen LogP contribution in [0.25, 0.3) is 0 Å². The van der Waals surface area contributed by atoms with Crippen LogP contribution in [0.15, 0.2) is 0 Å². The van der Waals surface area contributed by atoms with Gasteiger partial charge in [-0.15, -0.1) is 24.8 Å². The molecule has 4 nitrogen and oxygen atoms in total. The molecule has 6 heteroatoms. The van der Waals surface area contributed by atoms with E-state index in [-0.39, 0.29) is 36.8 Å². The summed E-state index contributed by atoms with van der Waals surface area (Å²) in [5, 5.41) is 0. The fraction of sp³-hybridized carbons (Fsp3) is 0.950. The SMILES string of the molecule is CN1CCC(C2CCN(C(=O)[C@H](N)CC3CCCCC3)CC2)CC1.Cl.Cl. The van der Waals surface area contributed by atoms with E-state index in [1.165, 1.54) is 70.9 Å². The number of amides is 1. The Morgan fingerprint density at radius 3 is 1.92 bits per heavy atom. The third-order valence-corrected chi connectivity index (χ3v) is 6.91. The van der Waals surface area contributed by atoms with Crippen LogP contribution in [0.5, 0.6) is 0 Å². The molecule has 0 aromatic rings. The third kappa shape index (κ3) is 6.54. The maximum absolute atomic E-state index is 12.7. The molecule has 0 bridgehead atoms. The minimum Gasteiger partial charge on any atom is -0.341 e. The van der Waals surface area contributed by atoms with Gasteiger partial charge in [0, 0.05) is 13.1 Å². The summed E-state index contributed by atoms with van der Waals surface area (Å²) >= 11 is 0. The van der Waals surface area contributed by atoms with Crippen molar-refractivity contribution in [1.82, 2.24) is 9.80 Å². The molecule has 3 fully saturated rings. The molecule has 26 heavy (non-hydrogen) atoms. The van der Waals surface area contributed by atoms with Crippen LogP contribution < -0.4 is 5.73 Å². The van der Waals surface area contributed by atoms with E-state index in [2.05, 4.69) is 16.8 Å². The van der Waals surface area contributed by atoms with Gasteiger partial charge in [0.25, 0.3) is 0 Å². The van der Waals surface area contributed by atoms with E-state index >= 15 is 0 Å². The largest absolute Gasteiger partial charge is 0.341 e. The average molecular weight is 408 g/mol. The Kier molecular flexibility index (Phi) is 10.8. The average Bonchev–Trinajstić information content (AvgIpc) is 2.63. The number of rotatable bonds is 4. The van der Waals surface area contributed by atoms with Gasteiger partial charge < -0.3 is 15.5 Å². The van der Waals surface area contributed by atoms with Crippen molar-refractivity contribution in [2.45, 2.75) is 70.3 Å². The number of halogens is 2. The minimum atomic E-state index is -0.256. The maximum Gasteiger partial charge on any atom is 0.239 e. The molecule has 3 rings (SSSR count). The molecular formula is C20H39Cl2N3O. The normalized spacial score (nSPS) is 25.2. The highest BCUT2D eigenvalue weighted by Gasteiger charge is 2.32. The summed E-state index contributed by atoms with van der Waals surface area (Å²) in [5.74, 6) is 2.63. The molecule has 2 N–H and O–H groups in total. The zero-order chi connectivity index (χ0) is 16.9. The lowest BCUT2D eigenvalue weighted by atomic mass is 9.78. The van der Waals surface area contributed by atoms with E-state index in [0.717, 1.165) is 31.3 Å². The van der Waals surface area contributed by atoms with Gasteiger partial charge in [-0.1, -0.05) is 32.1 Å². The van der Waals surface area contributed by atoms with Gasteiger partial charge in [-0.2, -0.15) is 0 Å². The van der Waals surface area contributed by atoms with Crippen LogP contribution in [-0.2, 0) is 4.79 Å². The van der Waals surface area contributed by atoms with Crippen LogP contribution in [0.1, 0.15) is 64.2 Å². The molecule has 1 saturated carbocycles. The lowest BCUT2D eigenvalue weighted by molar-refractivity contribution is -0.134. The van der Waals surface area contributed by atoms with Crippen molar-refractivity contribution < 1.29 is 4.79 Å². The zero-order valence-corrected chi connectivity index (χ0v) is 18.0. The van der Waals surface area contributed by atoms with Gasteiger partial charge in [0.15, 0.2) is 0 Å². The Labute approximate surface area is 172 Å². The van der Waals surface area contributed by atoms with Crippen LogP contribution in [-0.4, -0.2) is 55.0 Å². The molecule has 0 aromatic heterocycles. The summed E-state index contributed by atoms with van der Waals surface area (Å²) in [6, 6.07) is -0.256. The Balaban J connectivity index is 0.00000169. The molecule has 2 heterocycles. The number of nitrogens with zero attached hydrogens (tertiary/aromatic N) is 2. The van der Waals surface area contributed by atoms with Gasteiger partial charge in [0.05, 0.1) is 6.04 Å². The molecule has 2 saturated heterocycles. The van der Waals surface area contributed by atoms with Crippen molar-refractivity contribution in [2.75, 3.05) is 33.2 Å². The summed E-state index contributed by atoms with van der Waals surface area (Å²) in [6.45, 7) is 4.37. The molecule has 3 aliphatic rings. The van der Waals surface area contributed by atoms with Crippen molar-refractivity contribution in [2.24, 2.45) is 23.5 Å². The topological polar surface area (TPSA) is 49.6 Å². The van der Waals surface area contributed by atoms with Gasteiger partial charge in [-0.25, -0.2) is 0 Å². The number of hydrogen-bond acceptors (Lipinski definition) is 3. The predicted molar refractivity (Wildman–Crippen MR) is 113 cm³/mol. The Morgan fingerprint density at radius 1 is 0.885 bits per heavy atom. The molecular weight excluding hydrogens is 369 g/mol. The number of likely N-dealkylation sites (tertiary alicyclic amines) is 2. The molecule has 0 unspecified atom stereocenters. The van der Waals surface area contributed by atoms with Crippen molar-refractivity contribution in [3.05, 3.63) is 0 Å². The number of hydrogen-bond donors (Lipinski definition) is 1. The van der Waals surface area contributed by atoms with Gasteiger partial charge in [-0.3, -0.25) is 4.79 Å². The van der Waals surface area contributed by atoms with Crippen molar-refractivity contribution in [1.29, 1.82) is 0 Å². The van der Waals surface area contributed by atoms with Gasteiger partial charge >= 0.3 is 0 Å². The maximum atomic E-state index is 12.7. The Morgan fingerprint density at radius 2 is 1.38 bits per heavy atom. The first-order chi connectivity index (χ1) is 11.6. The number of carbonyl (C=O) groups excluding carboxylic acids is 1. The van der Waals surface area contributed by atoms with Crippen LogP contribution in [0.4, 0.5) is 0 Å². The second-order valence-corrected chi connectivity index (χ2v) is 8.65. The Hall–Kier alpha value is -0.0300. The lowest BCUT2D eigenvalue weighted by Gasteiger charge is -2.40. The highest BCUT2D eigenvalue weighted by molar-refractivity contribution is 5.85. The van der Waals surface area contributed by atoms with Crippen LogP contribution in [0.3, 0.4) is 0 Å². The Bertz CT molecular complexity index is 402. The first-order valence-corrected chi connectivity index (χ1v) is 10.4. The smallest absolute Gasteiger partial charge is 0.239 e. The summed E-state index contributed by atoms with van der Waals surface area (Å²) in [4.78, 5) is 17.2. The van der Waals surface area contributed by atoms with Crippen LogP contribution >= 0.6 is 24.8 Å². The molecule has 0 aromatic carbocycles. The molecule has 154 valence electrons. The van der Waals surface area contributed by atoms with Crippen molar-refractivity contribution in [3.8, 4) is 0 Å². The van der Waals surface area contributed by atoms with Gasteiger partial charge in [-0.05, 0) is 70.0 Å². The number of carbonyl (C=O) groups is 1. The summed E-state index contributed by atoms with van der Waals surface area (Å²) in [7, 11) is 2.23. The van der Waals surface area contributed by atoms with E-state index in [1.807, 2.05) is 0 Å². The quantitative estimate of drug-likeness (QED) is 0.772. The van der Waals surface area contributed by atoms with E-state index < -0.39 is 0 Å². The van der Waals surface area contributed by atoms with Crippen molar-refractivity contribution >= 4 is 30.7 Å². The lowest BCUT2D eigenvalue weighted by Crippen LogP contribution is -2.49. The minimum absolute atomic E-state index is 0. The summed E-state index contributed by atoms with van der Waals surface area (Å²) in [5.41, 5.74) is 6.27. The number of nitrogens with two attached hydrogens (primary N) is 1. The fourth-order valence-corrected chi connectivity index (χ4v) is 5.21. The standard InChI is InChI=1S/C20H37N3O.2ClH/c1-22-11-7-17(8-12-22)18-9-13-23(14-10-18)20(24)19(21)15-16-5-3-2-4-6-16;;/h16-19H,2-15,21H2,1H3;2*1H/t19-;;/m1../s1. The summed E-state index contributed by atoms with van der Waals surface area (Å²) < 4.78 is 0. The molecule has 2 aliphatic heterocycles. The molecule has 1 amide bonds. The summed E-state index contributed by atoms with van der Waals surface area (Å²) in [6.07, 6.45) is 12.6. The molecule has 0 spiro atoms. The van der Waals surface area contributed by atoms with E-state index in [4.69, 9.17) is 5.73 Å². The van der Waals surface area contributed by atoms with Gasteiger partial charge in [0.2, 0.25) is 5.91 Å². The van der Waals surface area contributed by atoms with Gasteiger partial charge in [0.1, 0.15) is 0 Å². The molecule has 1 aliphatic carbocycles. The highest BCUT2D eigenvalue weighted by Crippen LogP contribution is 2.33. The second-order valence-electron chi connectivity index (χ2n) is 8.65. The first kappa shape index (κ1) is 24.0. The molecule has 0 radical (unpaired) electrons. The fourth-order valence-electron chi connectivity index (χ4n) is 5.21. The van der Waals surface area contributed by atoms with Crippen molar-refractivity contribution in [3.63, 3.8) is 0 Å². The van der Waals surface area contributed by atoms with E-state index in [1.54, 1.807) is 0 Å². The third-order valence-electron chi connectivity index (χ3n) is 6.91. The van der Waals surface area contributed by atoms with Crippen LogP contribution in [0.2, 0.25) is 0 Å². The highest BCUT2D eigenvalue weighted by atomic mass is 35.5. The second kappa shape index (κ2) is 11.7. The zero-order valence-electron chi connectivity index (χ0n) is 16.4. The predicted octanol–water partition coefficient (Wildman–Crippen LogP) is 3.71. The molecule has 1 atom stereocenters. The first-order valence-electron chi connectivity index (χ1n) is 10.4. The monoisotopic (exact) mass is 407 g/mol.